The molecule has 0 fully saturated rings. The minimum absolute atomic E-state index is 0.00296. The van der Waals surface area contributed by atoms with Crippen molar-refractivity contribution in [1.29, 1.82) is 0 Å². The molecule has 0 unspecified atom stereocenters. The summed E-state index contributed by atoms with van der Waals surface area (Å²) in [6, 6.07) is 0. The highest BCUT2D eigenvalue weighted by atomic mass is 16.5. The Labute approximate surface area is 115 Å². The van der Waals surface area contributed by atoms with E-state index in [1.807, 2.05) is 6.92 Å². The first-order valence-corrected chi connectivity index (χ1v) is 6.31. The molecule has 0 amide bonds. The average molecular weight is 274 g/mol. The van der Waals surface area contributed by atoms with Gasteiger partial charge in [0, 0.05) is 6.20 Å². The standard InChI is InChI=1S/C13H14N4O3/c1-4-6-8-10(13(19)20-5-2)16-11-9(14-3)7-15-17(11)12(8)18/h7,15H,4-6H2,1-2H3. The predicted molar refractivity (Wildman–Crippen MR) is 72.0 cm³/mol. The number of H-pyrrole nitrogens is 1. The van der Waals surface area contributed by atoms with Crippen LogP contribution in [0.1, 0.15) is 36.3 Å². The zero-order chi connectivity index (χ0) is 14.7. The Morgan fingerprint density at radius 1 is 1.55 bits per heavy atom. The number of carbonyl (C=O) groups is 1. The smallest absolute Gasteiger partial charge is 0.357 e. The molecule has 104 valence electrons. The summed E-state index contributed by atoms with van der Waals surface area (Å²) in [6.07, 6.45) is 2.52. The lowest BCUT2D eigenvalue weighted by Gasteiger charge is -2.07. The summed E-state index contributed by atoms with van der Waals surface area (Å²) in [5.74, 6) is -0.632. The molecule has 7 heteroatoms. The highest BCUT2D eigenvalue weighted by Gasteiger charge is 2.21. The van der Waals surface area contributed by atoms with Gasteiger partial charge in [-0.05, 0) is 13.3 Å². The van der Waals surface area contributed by atoms with Crippen LogP contribution in [0.5, 0.6) is 0 Å². The van der Waals surface area contributed by atoms with E-state index in [0.717, 1.165) is 0 Å². The van der Waals surface area contributed by atoms with Crippen LogP contribution in [0.4, 0.5) is 5.69 Å². The Hall–Kier alpha value is -2.62. The quantitative estimate of drug-likeness (QED) is 0.679. The second-order valence-corrected chi connectivity index (χ2v) is 4.14. The maximum absolute atomic E-state index is 12.4. The molecule has 0 aliphatic carbocycles. The Bertz CT molecular complexity index is 751. The summed E-state index contributed by atoms with van der Waals surface area (Å²) >= 11 is 0. The van der Waals surface area contributed by atoms with E-state index in [2.05, 4.69) is 14.9 Å². The van der Waals surface area contributed by atoms with Crippen LogP contribution in [-0.2, 0) is 11.2 Å². The lowest BCUT2D eigenvalue weighted by Crippen LogP contribution is -2.25. The number of rotatable bonds is 4. The van der Waals surface area contributed by atoms with Gasteiger partial charge in [-0.3, -0.25) is 4.79 Å². The fourth-order valence-electron chi connectivity index (χ4n) is 1.96. The van der Waals surface area contributed by atoms with Gasteiger partial charge in [0.15, 0.2) is 11.3 Å². The van der Waals surface area contributed by atoms with Crippen molar-refractivity contribution < 1.29 is 9.53 Å². The van der Waals surface area contributed by atoms with Crippen LogP contribution in [-0.4, -0.2) is 27.2 Å². The SMILES string of the molecule is [C-]#[N+]c1c[nH]n2c(=O)c(CCC)c(C(=O)OCC)nc12. The van der Waals surface area contributed by atoms with Crippen molar-refractivity contribution in [2.45, 2.75) is 26.7 Å². The van der Waals surface area contributed by atoms with E-state index in [0.29, 0.717) is 18.4 Å². The number of aromatic nitrogens is 3. The zero-order valence-electron chi connectivity index (χ0n) is 11.3. The fourth-order valence-corrected chi connectivity index (χ4v) is 1.96. The minimum atomic E-state index is -0.632. The van der Waals surface area contributed by atoms with Crippen LogP contribution in [0.15, 0.2) is 11.0 Å². The third-order valence-electron chi connectivity index (χ3n) is 2.83. The number of fused-ring (bicyclic) bond motifs is 1. The molecule has 20 heavy (non-hydrogen) atoms. The van der Waals surface area contributed by atoms with Gasteiger partial charge < -0.3 is 9.84 Å². The number of aromatic amines is 1. The van der Waals surface area contributed by atoms with Crippen molar-refractivity contribution >= 4 is 17.3 Å². The van der Waals surface area contributed by atoms with Gasteiger partial charge in [0.1, 0.15) is 0 Å². The highest BCUT2D eigenvalue weighted by molar-refractivity contribution is 5.90. The molecule has 2 rings (SSSR count). The maximum atomic E-state index is 12.4. The van der Waals surface area contributed by atoms with Crippen LogP contribution in [0.25, 0.3) is 10.5 Å². The normalized spacial score (nSPS) is 10.4. The van der Waals surface area contributed by atoms with E-state index >= 15 is 0 Å². The van der Waals surface area contributed by atoms with Gasteiger partial charge in [-0.2, -0.15) is 0 Å². The number of esters is 1. The Kier molecular flexibility index (Phi) is 3.84. The maximum Gasteiger partial charge on any atom is 0.357 e. The minimum Gasteiger partial charge on any atom is -0.461 e. The molecular weight excluding hydrogens is 260 g/mol. The first-order chi connectivity index (χ1) is 9.63. The van der Waals surface area contributed by atoms with Crippen molar-refractivity contribution in [1.82, 2.24) is 14.6 Å². The average Bonchev–Trinajstić information content (AvgIpc) is 2.85. The van der Waals surface area contributed by atoms with E-state index in [1.54, 1.807) is 6.92 Å². The molecule has 0 saturated carbocycles. The molecule has 2 aromatic heterocycles. The third-order valence-corrected chi connectivity index (χ3v) is 2.83. The summed E-state index contributed by atoms with van der Waals surface area (Å²) in [4.78, 5) is 31.7. The molecule has 1 N–H and O–H groups in total. The lowest BCUT2D eigenvalue weighted by molar-refractivity contribution is 0.0518. The summed E-state index contributed by atoms with van der Waals surface area (Å²) in [5.41, 5.74) is 0.281. The second kappa shape index (κ2) is 5.57. The molecular formula is C13H14N4O3. The first-order valence-electron chi connectivity index (χ1n) is 6.31. The molecule has 2 aromatic rings. The molecule has 2 heterocycles. The molecule has 0 aliphatic rings. The summed E-state index contributed by atoms with van der Waals surface area (Å²) in [6.45, 7) is 10.8. The first kappa shape index (κ1) is 13.8. The number of hydrogen-bond acceptors (Lipinski definition) is 4. The van der Waals surface area contributed by atoms with E-state index < -0.39 is 5.97 Å². The van der Waals surface area contributed by atoms with Crippen molar-refractivity contribution in [3.8, 4) is 0 Å². The van der Waals surface area contributed by atoms with Crippen molar-refractivity contribution in [2.75, 3.05) is 6.61 Å². The van der Waals surface area contributed by atoms with E-state index in [9.17, 15) is 9.59 Å². The zero-order valence-corrected chi connectivity index (χ0v) is 11.3. The van der Waals surface area contributed by atoms with Crippen molar-refractivity contribution in [2.24, 2.45) is 0 Å². The van der Waals surface area contributed by atoms with Crippen LogP contribution >= 0.6 is 0 Å². The summed E-state index contributed by atoms with van der Waals surface area (Å²) in [7, 11) is 0. The molecule has 0 aliphatic heterocycles. The van der Waals surface area contributed by atoms with Crippen LogP contribution < -0.4 is 5.56 Å². The van der Waals surface area contributed by atoms with Crippen LogP contribution in [0.3, 0.4) is 0 Å². The van der Waals surface area contributed by atoms with Gasteiger partial charge in [0.25, 0.3) is 5.56 Å². The van der Waals surface area contributed by atoms with Gasteiger partial charge in [0.05, 0.1) is 18.7 Å². The van der Waals surface area contributed by atoms with E-state index in [4.69, 9.17) is 11.3 Å². The molecule has 0 saturated heterocycles. The third kappa shape index (κ3) is 2.16. The second-order valence-electron chi connectivity index (χ2n) is 4.14. The number of hydrogen-bond donors (Lipinski definition) is 1. The molecule has 7 nitrogen and oxygen atoms in total. The fraction of sp³-hybridized carbons (Fsp3) is 0.385. The number of nitrogens with zero attached hydrogens (tertiary/aromatic N) is 3. The van der Waals surface area contributed by atoms with E-state index in [-0.39, 0.29) is 29.2 Å². The van der Waals surface area contributed by atoms with Gasteiger partial charge >= 0.3 is 5.97 Å². The van der Waals surface area contributed by atoms with E-state index in [1.165, 1.54) is 10.7 Å². The summed E-state index contributed by atoms with van der Waals surface area (Å²) < 4.78 is 6.11. The van der Waals surface area contributed by atoms with Crippen molar-refractivity contribution in [3.63, 3.8) is 0 Å². The van der Waals surface area contributed by atoms with Crippen LogP contribution in [0.2, 0.25) is 0 Å². The largest absolute Gasteiger partial charge is 0.461 e. The highest BCUT2D eigenvalue weighted by Crippen LogP contribution is 2.18. The van der Waals surface area contributed by atoms with Gasteiger partial charge in [-0.25, -0.2) is 19.1 Å². The van der Waals surface area contributed by atoms with Crippen LogP contribution in [0, 0.1) is 6.57 Å². The molecule has 0 bridgehead atoms. The van der Waals surface area contributed by atoms with Gasteiger partial charge in [-0.15, -0.1) is 0 Å². The molecule has 0 aromatic carbocycles. The summed E-state index contributed by atoms with van der Waals surface area (Å²) in [5, 5.41) is 2.68. The number of carbonyl (C=O) groups excluding carboxylic acids is 1. The topological polar surface area (TPSA) is 80.8 Å². The molecule has 0 radical (unpaired) electrons. The monoisotopic (exact) mass is 274 g/mol. The van der Waals surface area contributed by atoms with Crippen molar-refractivity contribution in [3.05, 3.63) is 39.2 Å². The predicted octanol–water partition coefficient (Wildman–Crippen LogP) is 1.70. The number of ether oxygens (including phenoxy) is 1. The Balaban J connectivity index is 2.76. The van der Waals surface area contributed by atoms with Gasteiger partial charge in [-0.1, -0.05) is 13.3 Å². The Morgan fingerprint density at radius 2 is 2.30 bits per heavy atom. The molecule has 0 spiro atoms. The number of nitrogens with one attached hydrogen (secondary N) is 1. The lowest BCUT2D eigenvalue weighted by atomic mass is 10.1. The Morgan fingerprint density at radius 3 is 2.90 bits per heavy atom. The van der Waals surface area contributed by atoms with Gasteiger partial charge in [0.2, 0.25) is 5.69 Å². The molecule has 0 atom stereocenters.